The molecule has 12 heteroatoms. The minimum Gasteiger partial charge on any atom is -0.478 e. The Labute approximate surface area is 257 Å². The third kappa shape index (κ3) is 5.50. The van der Waals surface area contributed by atoms with Gasteiger partial charge in [-0.05, 0) is 68.6 Å². The molecular formula is C33H33F3N4O5. The molecule has 0 spiro atoms. The lowest BCUT2D eigenvalue weighted by Gasteiger charge is -2.33. The number of hydrogen-bond donors (Lipinski definition) is 1. The minimum absolute atomic E-state index is 0.0795. The van der Waals surface area contributed by atoms with Crippen molar-refractivity contribution >= 4 is 17.0 Å². The maximum absolute atomic E-state index is 14.7. The second kappa shape index (κ2) is 11.0. The van der Waals surface area contributed by atoms with E-state index in [1.54, 1.807) is 13.0 Å². The summed E-state index contributed by atoms with van der Waals surface area (Å²) in [6, 6.07) is 11.2. The number of alkyl halides is 2. The SMILES string of the molecule is CC(F)(F)c1cc(C(=O)O)cc2c1nc(CN1CCC(c3cccc4c3O[C@@](C)(c3ccc(F)cn3)O4)CC1)n2C[C@@H]1CCO1. The van der Waals surface area contributed by atoms with Gasteiger partial charge in [-0.1, -0.05) is 12.1 Å². The second-order valence-electron chi connectivity index (χ2n) is 12.2. The molecule has 0 saturated carbocycles. The highest BCUT2D eigenvalue weighted by Gasteiger charge is 2.42. The molecule has 236 valence electrons. The highest BCUT2D eigenvalue weighted by molar-refractivity contribution is 5.94. The molecule has 2 fully saturated rings. The van der Waals surface area contributed by atoms with E-state index in [4.69, 9.17) is 14.2 Å². The molecule has 7 rings (SSSR count). The molecule has 2 aromatic carbocycles. The molecule has 0 amide bonds. The number of fused-ring (bicyclic) bond motifs is 2. The Bertz CT molecular complexity index is 1760. The molecule has 4 aromatic rings. The largest absolute Gasteiger partial charge is 0.478 e. The number of halogens is 3. The zero-order chi connectivity index (χ0) is 31.5. The van der Waals surface area contributed by atoms with Gasteiger partial charge in [0.25, 0.3) is 11.7 Å². The first-order chi connectivity index (χ1) is 21.5. The van der Waals surface area contributed by atoms with Crippen LogP contribution in [0.2, 0.25) is 0 Å². The smallest absolute Gasteiger partial charge is 0.335 e. The molecule has 5 heterocycles. The van der Waals surface area contributed by atoms with Crippen molar-refractivity contribution in [3.8, 4) is 11.5 Å². The quantitative estimate of drug-likeness (QED) is 0.248. The number of benzene rings is 2. The Morgan fingerprint density at radius 2 is 1.91 bits per heavy atom. The van der Waals surface area contributed by atoms with Gasteiger partial charge in [0, 0.05) is 31.6 Å². The van der Waals surface area contributed by atoms with Crippen LogP contribution in [0.15, 0.2) is 48.7 Å². The van der Waals surface area contributed by atoms with Crippen LogP contribution < -0.4 is 9.47 Å². The minimum atomic E-state index is -3.27. The van der Waals surface area contributed by atoms with E-state index in [2.05, 4.69) is 14.9 Å². The standard InChI is InChI=1S/C33H33F3N4O5/c1-32(35,36)24-14-20(31(41)42)15-25-29(24)38-28(40(25)17-22-10-13-43-22)18-39-11-8-19(9-12-39)23-4-3-5-26-30(23)45-33(2,44-26)27-7-6-21(34)16-37-27/h3-7,14-16,19,22H,8-13,17-18H2,1-2H3,(H,41,42)/t22-,33-/m0/s1. The van der Waals surface area contributed by atoms with E-state index in [0.717, 1.165) is 57.1 Å². The molecule has 0 bridgehead atoms. The number of piperidine rings is 1. The van der Waals surface area contributed by atoms with Crippen LogP contribution in [-0.2, 0) is 29.5 Å². The highest BCUT2D eigenvalue weighted by Crippen LogP contribution is 2.49. The van der Waals surface area contributed by atoms with Crippen molar-refractivity contribution in [3.05, 3.63) is 82.7 Å². The second-order valence-corrected chi connectivity index (χ2v) is 12.2. The Morgan fingerprint density at radius 3 is 2.56 bits per heavy atom. The molecular weight excluding hydrogens is 589 g/mol. The lowest BCUT2D eigenvalue weighted by Crippen LogP contribution is -2.35. The maximum atomic E-state index is 14.7. The average Bonchev–Trinajstić information content (AvgIpc) is 3.51. The summed E-state index contributed by atoms with van der Waals surface area (Å²) >= 11 is 0. The Kier molecular flexibility index (Phi) is 7.24. The summed E-state index contributed by atoms with van der Waals surface area (Å²) in [6.45, 7) is 5.45. The van der Waals surface area contributed by atoms with Gasteiger partial charge >= 0.3 is 5.97 Å². The number of aromatic nitrogens is 3. The number of carbonyl (C=O) groups is 1. The summed E-state index contributed by atoms with van der Waals surface area (Å²) in [5, 5.41) is 9.67. The third-order valence-electron chi connectivity index (χ3n) is 9.03. The van der Waals surface area contributed by atoms with Crippen LogP contribution in [0, 0.1) is 5.82 Å². The first kappa shape index (κ1) is 29.5. The fourth-order valence-electron chi connectivity index (χ4n) is 6.51. The molecule has 1 N–H and O–H groups in total. The number of hydrogen-bond acceptors (Lipinski definition) is 7. The lowest BCUT2D eigenvalue weighted by atomic mass is 9.88. The van der Waals surface area contributed by atoms with Crippen LogP contribution >= 0.6 is 0 Å². The molecule has 0 radical (unpaired) electrons. The maximum Gasteiger partial charge on any atom is 0.335 e. The molecule has 2 saturated heterocycles. The first-order valence-corrected chi connectivity index (χ1v) is 15.1. The number of aromatic carboxylic acids is 1. The van der Waals surface area contributed by atoms with Crippen molar-refractivity contribution in [2.24, 2.45) is 0 Å². The topological polar surface area (TPSA) is 98.9 Å². The molecule has 3 aliphatic rings. The van der Waals surface area contributed by atoms with E-state index in [1.165, 1.54) is 12.1 Å². The van der Waals surface area contributed by atoms with E-state index in [0.29, 0.717) is 48.2 Å². The van der Waals surface area contributed by atoms with Crippen molar-refractivity contribution in [3.63, 3.8) is 0 Å². The summed E-state index contributed by atoms with van der Waals surface area (Å²) < 4.78 is 62.9. The fourth-order valence-corrected chi connectivity index (χ4v) is 6.51. The van der Waals surface area contributed by atoms with Gasteiger partial charge in [-0.2, -0.15) is 0 Å². The third-order valence-corrected chi connectivity index (χ3v) is 9.03. The van der Waals surface area contributed by atoms with Crippen LogP contribution in [-0.4, -0.2) is 56.3 Å². The van der Waals surface area contributed by atoms with E-state index in [1.807, 2.05) is 22.8 Å². The summed E-state index contributed by atoms with van der Waals surface area (Å²) in [7, 11) is 0. The number of ether oxygens (including phenoxy) is 3. The number of rotatable bonds is 8. The van der Waals surface area contributed by atoms with Crippen molar-refractivity contribution in [2.45, 2.75) is 69.9 Å². The monoisotopic (exact) mass is 622 g/mol. The summed E-state index contributed by atoms with van der Waals surface area (Å²) in [5.74, 6) is -4.09. The van der Waals surface area contributed by atoms with Crippen LogP contribution in [0.3, 0.4) is 0 Å². The van der Waals surface area contributed by atoms with Gasteiger partial charge in [-0.15, -0.1) is 0 Å². The van der Waals surface area contributed by atoms with Crippen molar-refractivity contribution in [1.29, 1.82) is 0 Å². The van der Waals surface area contributed by atoms with Crippen molar-refractivity contribution in [2.75, 3.05) is 19.7 Å². The highest BCUT2D eigenvalue weighted by atomic mass is 19.3. The molecule has 2 atom stereocenters. The Balaban J connectivity index is 1.12. The van der Waals surface area contributed by atoms with E-state index >= 15 is 0 Å². The zero-order valence-corrected chi connectivity index (χ0v) is 24.9. The number of carboxylic acid groups (broad SMARTS) is 1. The number of imidazole rings is 1. The van der Waals surface area contributed by atoms with Gasteiger partial charge in [-0.3, -0.25) is 9.88 Å². The van der Waals surface area contributed by atoms with Gasteiger partial charge in [0.1, 0.15) is 17.3 Å². The van der Waals surface area contributed by atoms with E-state index < -0.39 is 29.1 Å². The summed E-state index contributed by atoms with van der Waals surface area (Å²) in [5.41, 5.74) is 1.40. The Hall–Kier alpha value is -4.16. The fraction of sp³-hybridized carbons (Fsp3) is 0.424. The number of carboxylic acids is 1. The number of para-hydroxylation sites is 1. The van der Waals surface area contributed by atoms with E-state index in [9.17, 15) is 23.1 Å². The van der Waals surface area contributed by atoms with E-state index in [-0.39, 0.29) is 23.1 Å². The van der Waals surface area contributed by atoms with Crippen LogP contribution in [0.5, 0.6) is 11.5 Å². The van der Waals surface area contributed by atoms with Gasteiger partial charge in [0.05, 0.1) is 42.0 Å². The predicted molar refractivity (Wildman–Crippen MR) is 157 cm³/mol. The van der Waals surface area contributed by atoms with Gasteiger partial charge in [-0.25, -0.2) is 22.9 Å². The first-order valence-electron chi connectivity index (χ1n) is 15.1. The van der Waals surface area contributed by atoms with Gasteiger partial charge in [0.2, 0.25) is 0 Å². The number of likely N-dealkylation sites (tertiary alicyclic amines) is 1. The molecule has 0 unspecified atom stereocenters. The number of pyridine rings is 1. The molecule has 2 aromatic heterocycles. The normalized spacial score (nSPS) is 22.1. The van der Waals surface area contributed by atoms with Gasteiger partial charge in [0.15, 0.2) is 11.5 Å². The number of nitrogens with zero attached hydrogens (tertiary/aromatic N) is 4. The average molecular weight is 623 g/mol. The molecule has 0 aliphatic carbocycles. The van der Waals surface area contributed by atoms with Crippen LogP contribution in [0.4, 0.5) is 13.2 Å². The summed E-state index contributed by atoms with van der Waals surface area (Å²) in [6.07, 6.45) is 3.53. The predicted octanol–water partition coefficient (Wildman–Crippen LogP) is 6.19. The van der Waals surface area contributed by atoms with Crippen LogP contribution in [0.1, 0.15) is 72.0 Å². The lowest BCUT2D eigenvalue weighted by molar-refractivity contribution is -0.0723. The van der Waals surface area contributed by atoms with Crippen LogP contribution in [0.25, 0.3) is 11.0 Å². The Morgan fingerprint density at radius 1 is 1.13 bits per heavy atom. The zero-order valence-electron chi connectivity index (χ0n) is 24.9. The molecule has 3 aliphatic heterocycles. The molecule has 45 heavy (non-hydrogen) atoms. The van der Waals surface area contributed by atoms with Gasteiger partial charge < -0.3 is 23.9 Å². The summed E-state index contributed by atoms with van der Waals surface area (Å²) in [4.78, 5) is 22.9. The van der Waals surface area contributed by atoms with Crippen molar-refractivity contribution in [1.82, 2.24) is 19.4 Å². The molecule has 9 nitrogen and oxygen atoms in total. The van der Waals surface area contributed by atoms with Crippen molar-refractivity contribution < 1.29 is 37.3 Å².